The van der Waals surface area contributed by atoms with Crippen molar-refractivity contribution in [1.82, 2.24) is 34.1 Å². The van der Waals surface area contributed by atoms with Crippen molar-refractivity contribution < 1.29 is 8.78 Å². The van der Waals surface area contributed by atoms with Crippen molar-refractivity contribution in [3.8, 4) is 11.3 Å². The largest absolute Gasteiger partial charge is 0.369 e. The van der Waals surface area contributed by atoms with Gasteiger partial charge in [0.1, 0.15) is 11.6 Å². The number of imidazole rings is 1. The van der Waals surface area contributed by atoms with E-state index in [-0.39, 0.29) is 0 Å². The van der Waals surface area contributed by atoms with E-state index < -0.39 is 11.6 Å². The highest BCUT2D eigenvalue weighted by Crippen LogP contribution is 2.31. The number of nitrogens with one attached hydrogen (secondary N) is 1. The number of piperazine rings is 1. The van der Waals surface area contributed by atoms with E-state index in [0.29, 0.717) is 17.9 Å². The molecule has 2 aliphatic rings. The molecule has 1 atom stereocenters. The van der Waals surface area contributed by atoms with E-state index in [1.165, 1.54) is 17.8 Å². The summed E-state index contributed by atoms with van der Waals surface area (Å²) in [5.74, 6) is 0.198. The fraction of sp³-hybridized carbons (Fsp3) is 0.390. The summed E-state index contributed by atoms with van der Waals surface area (Å²) in [6.45, 7) is 18.7. The quantitative estimate of drug-likeness (QED) is 0.194. The second-order valence-corrected chi connectivity index (χ2v) is 14.4. The van der Waals surface area contributed by atoms with Gasteiger partial charge in [-0.1, -0.05) is 32.6 Å². The van der Waals surface area contributed by atoms with E-state index in [4.69, 9.17) is 9.97 Å². The summed E-state index contributed by atoms with van der Waals surface area (Å²) in [5, 5.41) is 8.17. The van der Waals surface area contributed by atoms with Gasteiger partial charge in [-0.25, -0.2) is 13.8 Å². The standard InChI is InChI=1S/C41H48F2N8/c1-27-9-6-7-11-39-36(25-44-48(39)5)38-22-33(19-28(2)45-38)29(3)46-41-47-37-13-12-32(23-40(37)51(41)26-27)30(4)50-17-15-49(16-18-50)14-8-10-31-20-34(42)24-35(43)21-31/h12-13,19-25,27H,3-4,6-11,14-18,26H2,1-2,5H3,(H,46,47)/t27-/m1/s1. The molecule has 0 saturated carbocycles. The first kappa shape index (κ1) is 34.6. The first-order valence-electron chi connectivity index (χ1n) is 18.2. The molecule has 266 valence electrons. The molecule has 0 aliphatic carbocycles. The first-order valence-corrected chi connectivity index (χ1v) is 18.2. The Labute approximate surface area is 299 Å². The van der Waals surface area contributed by atoms with Gasteiger partial charge in [0.2, 0.25) is 5.95 Å². The van der Waals surface area contributed by atoms with Crippen LogP contribution in [0, 0.1) is 24.5 Å². The van der Waals surface area contributed by atoms with Crippen LogP contribution in [0.25, 0.3) is 33.7 Å². The fourth-order valence-electron chi connectivity index (χ4n) is 7.62. The van der Waals surface area contributed by atoms with Crippen molar-refractivity contribution >= 4 is 28.4 Å². The molecule has 0 amide bonds. The third-order valence-electron chi connectivity index (χ3n) is 10.5. The number of anilines is 1. The molecular formula is C41H48F2N8. The van der Waals surface area contributed by atoms with Crippen LogP contribution in [0.3, 0.4) is 0 Å². The van der Waals surface area contributed by atoms with Crippen LogP contribution < -0.4 is 5.32 Å². The van der Waals surface area contributed by atoms with Crippen LogP contribution >= 0.6 is 0 Å². The van der Waals surface area contributed by atoms with Crippen LogP contribution in [0.15, 0.2) is 67.9 Å². The maximum absolute atomic E-state index is 13.6. The Balaban J connectivity index is 1.08. The zero-order valence-electron chi connectivity index (χ0n) is 30.1. The lowest BCUT2D eigenvalue weighted by molar-refractivity contribution is 0.174. The smallest absolute Gasteiger partial charge is 0.208 e. The Morgan fingerprint density at radius 2 is 1.76 bits per heavy atom. The van der Waals surface area contributed by atoms with Crippen LogP contribution in [0.4, 0.5) is 14.7 Å². The van der Waals surface area contributed by atoms with Gasteiger partial charge in [0.15, 0.2) is 0 Å². The Morgan fingerprint density at radius 3 is 2.55 bits per heavy atom. The van der Waals surface area contributed by atoms with Gasteiger partial charge in [0.25, 0.3) is 0 Å². The molecule has 1 N–H and O–H groups in total. The molecule has 7 rings (SSSR count). The van der Waals surface area contributed by atoms with Crippen molar-refractivity contribution in [1.29, 1.82) is 0 Å². The molecule has 2 aliphatic heterocycles. The van der Waals surface area contributed by atoms with Gasteiger partial charge in [-0.15, -0.1) is 0 Å². The summed E-state index contributed by atoms with van der Waals surface area (Å²) < 4.78 is 31.5. The average molecular weight is 691 g/mol. The molecule has 2 aromatic carbocycles. The molecule has 51 heavy (non-hydrogen) atoms. The maximum atomic E-state index is 13.6. The second-order valence-electron chi connectivity index (χ2n) is 14.4. The van der Waals surface area contributed by atoms with Gasteiger partial charge in [-0.3, -0.25) is 14.6 Å². The molecule has 5 aromatic rings. The van der Waals surface area contributed by atoms with Crippen molar-refractivity contribution in [3.05, 3.63) is 108 Å². The molecule has 5 heterocycles. The minimum Gasteiger partial charge on any atom is -0.369 e. The van der Waals surface area contributed by atoms with Crippen molar-refractivity contribution in [2.24, 2.45) is 13.0 Å². The lowest BCUT2D eigenvalue weighted by Gasteiger charge is -2.37. The summed E-state index contributed by atoms with van der Waals surface area (Å²) in [4.78, 5) is 14.8. The van der Waals surface area contributed by atoms with Gasteiger partial charge in [-0.05, 0) is 99.0 Å². The number of aromatic nitrogens is 5. The monoisotopic (exact) mass is 690 g/mol. The normalized spacial score (nSPS) is 17.4. The number of hydrogen-bond donors (Lipinski definition) is 1. The van der Waals surface area contributed by atoms with E-state index >= 15 is 0 Å². The van der Waals surface area contributed by atoms with Crippen LogP contribution in [-0.2, 0) is 26.4 Å². The van der Waals surface area contributed by atoms with Gasteiger partial charge in [-0.2, -0.15) is 5.10 Å². The van der Waals surface area contributed by atoms with Gasteiger partial charge in [0, 0.05) is 79.7 Å². The third kappa shape index (κ3) is 7.76. The SMILES string of the molecule is C=C1Nc2nc3ccc(C(=C)N4CCN(CCCc5cc(F)cc(F)c5)CC4)cc3n2C[C@H](C)CCCCc2c(cnn2C)-c2cc1cc(C)n2. The highest BCUT2D eigenvalue weighted by Gasteiger charge is 2.22. The van der Waals surface area contributed by atoms with E-state index in [0.717, 1.165) is 134 Å². The van der Waals surface area contributed by atoms with Crippen LogP contribution in [-0.4, -0.2) is 66.8 Å². The molecule has 8 nitrogen and oxygen atoms in total. The van der Waals surface area contributed by atoms with Crippen LogP contribution in [0.2, 0.25) is 0 Å². The number of benzene rings is 2. The molecule has 0 spiro atoms. The molecule has 3 aromatic heterocycles. The van der Waals surface area contributed by atoms with Gasteiger partial charge >= 0.3 is 0 Å². The van der Waals surface area contributed by atoms with Crippen LogP contribution in [0.1, 0.15) is 60.7 Å². The summed E-state index contributed by atoms with van der Waals surface area (Å²) in [7, 11) is 2.02. The molecule has 2 bridgehead atoms. The Hall–Kier alpha value is -4.83. The van der Waals surface area contributed by atoms with Crippen molar-refractivity contribution in [2.45, 2.75) is 58.9 Å². The lowest BCUT2D eigenvalue weighted by Crippen LogP contribution is -2.45. The topological polar surface area (TPSA) is 67.0 Å². The highest BCUT2D eigenvalue weighted by atomic mass is 19.1. The number of rotatable bonds is 6. The number of halogens is 2. The zero-order chi connectivity index (χ0) is 35.6. The highest BCUT2D eigenvalue weighted by molar-refractivity contribution is 5.85. The van der Waals surface area contributed by atoms with Gasteiger partial charge < -0.3 is 14.8 Å². The Morgan fingerprint density at radius 1 is 0.980 bits per heavy atom. The third-order valence-corrected chi connectivity index (χ3v) is 10.5. The number of fused-ring (bicyclic) bond motifs is 7. The minimum absolute atomic E-state index is 0.442. The zero-order valence-corrected chi connectivity index (χ0v) is 30.1. The number of pyridine rings is 1. The molecule has 1 fully saturated rings. The molecular weight excluding hydrogens is 643 g/mol. The van der Waals surface area contributed by atoms with Crippen molar-refractivity contribution in [2.75, 3.05) is 38.0 Å². The van der Waals surface area contributed by atoms with E-state index in [1.807, 2.05) is 24.9 Å². The Kier molecular flexibility index (Phi) is 10.0. The second kappa shape index (κ2) is 14.8. The van der Waals surface area contributed by atoms with Crippen LogP contribution in [0.5, 0.6) is 0 Å². The molecule has 0 radical (unpaired) electrons. The first-order chi connectivity index (χ1) is 24.6. The summed E-state index contributed by atoms with van der Waals surface area (Å²) in [5.41, 5.74) is 10.7. The average Bonchev–Trinajstić information content (AvgIpc) is 3.64. The predicted octanol–water partition coefficient (Wildman–Crippen LogP) is 8.08. The Bertz CT molecular complexity index is 2050. The predicted molar refractivity (Wildman–Crippen MR) is 202 cm³/mol. The van der Waals surface area contributed by atoms with E-state index in [2.05, 4.69) is 75.2 Å². The van der Waals surface area contributed by atoms with E-state index in [9.17, 15) is 8.78 Å². The number of nitrogens with zero attached hydrogens (tertiary/aromatic N) is 7. The minimum atomic E-state index is -0.514. The molecule has 10 heteroatoms. The molecule has 1 saturated heterocycles. The maximum Gasteiger partial charge on any atom is 0.208 e. The van der Waals surface area contributed by atoms with Crippen molar-refractivity contribution in [3.63, 3.8) is 0 Å². The summed E-state index contributed by atoms with van der Waals surface area (Å²) in [6.07, 6.45) is 7.72. The number of hydrogen-bond acceptors (Lipinski definition) is 6. The lowest BCUT2D eigenvalue weighted by atomic mass is 10.0. The summed E-state index contributed by atoms with van der Waals surface area (Å²) in [6, 6.07) is 14.4. The molecule has 0 unspecified atom stereocenters. The van der Waals surface area contributed by atoms with E-state index in [1.54, 1.807) is 0 Å². The summed E-state index contributed by atoms with van der Waals surface area (Å²) >= 11 is 0. The van der Waals surface area contributed by atoms with Gasteiger partial charge in [0.05, 0.1) is 22.9 Å². The number of aryl methyl sites for hydroxylation is 3. The fourth-order valence-corrected chi connectivity index (χ4v) is 7.62.